The second kappa shape index (κ2) is 8.72. The van der Waals surface area contributed by atoms with Crippen LogP contribution in [0.5, 0.6) is 0 Å². The van der Waals surface area contributed by atoms with Crippen molar-refractivity contribution >= 4 is 11.7 Å². The predicted octanol–water partition coefficient (Wildman–Crippen LogP) is 3.30. The first-order chi connectivity index (χ1) is 14.8. The molecule has 3 fully saturated rings. The van der Waals surface area contributed by atoms with Gasteiger partial charge in [0, 0.05) is 56.9 Å². The standard InChI is InChI=1S/C24H31N5O/c30-24(29-12-2-1-3-13-29)21-8-6-20(7-9-21)22-10-11-23(26-25-22)28-16-14-27(15-17-28)18-19-4-5-19/h6-11,19H,1-5,12-18H2. The molecule has 0 unspecified atom stereocenters. The van der Waals surface area contributed by atoms with Crippen molar-refractivity contribution < 1.29 is 4.79 Å². The highest BCUT2D eigenvalue weighted by molar-refractivity contribution is 5.94. The molecule has 1 aliphatic carbocycles. The van der Waals surface area contributed by atoms with Gasteiger partial charge in [0.2, 0.25) is 0 Å². The molecule has 6 nitrogen and oxygen atoms in total. The van der Waals surface area contributed by atoms with E-state index >= 15 is 0 Å². The first-order valence-electron chi connectivity index (χ1n) is 11.5. The molecule has 6 heteroatoms. The van der Waals surface area contributed by atoms with Crippen LogP contribution >= 0.6 is 0 Å². The van der Waals surface area contributed by atoms with Crippen molar-refractivity contribution in [3.05, 3.63) is 42.0 Å². The third kappa shape index (κ3) is 4.48. The number of piperazine rings is 1. The van der Waals surface area contributed by atoms with Crippen molar-refractivity contribution in [3.8, 4) is 11.3 Å². The molecule has 2 aromatic rings. The van der Waals surface area contributed by atoms with E-state index in [2.05, 4.69) is 26.1 Å². The fourth-order valence-corrected chi connectivity index (χ4v) is 4.54. The van der Waals surface area contributed by atoms with Crippen molar-refractivity contribution in [2.75, 3.05) is 50.7 Å². The molecule has 0 radical (unpaired) electrons. The van der Waals surface area contributed by atoms with Gasteiger partial charge in [-0.25, -0.2) is 0 Å². The molecule has 0 N–H and O–H groups in total. The van der Waals surface area contributed by atoms with Crippen LogP contribution in [-0.2, 0) is 0 Å². The minimum atomic E-state index is 0.142. The average molecular weight is 406 g/mol. The van der Waals surface area contributed by atoms with E-state index in [0.29, 0.717) is 0 Å². The monoisotopic (exact) mass is 405 g/mol. The molecule has 3 aliphatic rings. The van der Waals surface area contributed by atoms with E-state index in [4.69, 9.17) is 0 Å². The lowest BCUT2D eigenvalue weighted by molar-refractivity contribution is 0.0724. The number of hydrogen-bond donors (Lipinski definition) is 0. The molecule has 1 aromatic carbocycles. The van der Waals surface area contributed by atoms with Crippen LogP contribution in [0.4, 0.5) is 5.82 Å². The minimum absolute atomic E-state index is 0.142. The third-order valence-corrected chi connectivity index (χ3v) is 6.63. The fourth-order valence-electron chi connectivity index (χ4n) is 4.54. The Kier molecular flexibility index (Phi) is 5.67. The zero-order valence-electron chi connectivity index (χ0n) is 17.7. The molecule has 0 bridgehead atoms. The molecule has 158 valence electrons. The van der Waals surface area contributed by atoms with Crippen molar-refractivity contribution in [1.82, 2.24) is 20.0 Å². The van der Waals surface area contributed by atoms with Gasteiger partial charge in [-0.15, -0.1) is 10.2 Å². The molecule has 1 saturated carbocycles. The summed E-state index contributed by atoms with van der Waals surface area (Å²) in [5.74, 6) is 2.06. The molecular formula is C24H31N5O. The van der Waals surface area contributed by atoms with Crippen LogP contribution in [0.3, 0.4) is 0 Å². The topological polar surface area (TPSA) is 52.6 Å². The lowest BCUT2D eigenvalue weighted by Gasteiger charge is -2.35. The number of carbonyl (C=O) groups is 1. The quantitative estimate of drug-likeness (QED) is 0.764. The first-order valence-corrected chi connectivity index (χ1v) is 11.5. The Balaban J connectivity index is 1.19. The third-order valence-electron chi connectivity index (χ3n) is 6.63. The number of carbonyl (C=O) groups excluding carboxylic acids is 1. The lowest BCUT2D eigenvalue weighted by atomic mass is 10.1. The normalized spacial score (nSPS) is 20.4. The number of nitrogens with zero attached hydrogens (tertiary/aromatic N) is 5. The average Bonchev–Trinajstić information content (AvgIpc) is 3.64. The summed E-state index contributed by atoms with van der Waals surface area (Å²) in [5.41, 5.74) is 2.61. The van der Waals surface area contributed by atoms with E-state index < -0.39 is 0 Å². The largest absolute Gasteiger partial charge is 0.353 e. The van der Waals surface area contributed by atoms with Crippen molar-refractivity contribution in [1.29, 1.82) is 0 Å². The van der Waals surface area contributed by atoms with Crippen LogP contribution in [0.1, 0.15) is 42.5 Å². The Labute approximate surface area is 178 Å². The van der Waals surface area contributed by atoms with Gasteiger partial charge in [0.25, 0.3) is 5.91 Å². The van der Waals surface area contributed by atoms with E-state index in [-0.39, 0.29) is 5.91 Å². The summed E-state index contributed by atoms with van der Waals surface area (Å²) in [6.45, 7) is 7.31. The van der Waals surface area contributed by atoms with Crippen LogP contribution in [0.25, 0.3) is 11.3 Å². The summed E-state index contributed by atoms with van der Waals surface area (Å²) < 4.78 is 0. The van der Waals surface area contributed by atoms with E-state index in [0.717, 1.165) is 80.7 Å². The van der Waals surface area contributed by atoms with Gasteiger partial charge in [0.15, 0.2) is 5.82 Å². The zero-order valence-corrected chi connectivity index (χ0v) is 17.7. The maximum Gasteiger partial charge on any atom is 0.253 e. The number of hydrogen-bond acceptors (Lipinski definition) is 5. The smallest absolute Gasteiger partial charge is 0.253 e. The number of likely N-dealkylation sites (tertiary alicyclic amines) is 1. The Morgan fingerprint density at radius 3 is 2.20 bits per heavy atom. The number of amides is 1. The van der Waals surface area contributed by atoms with Gasteiger partial charge in [0.05, 0.1) is 5.69 Å². The molecule has 1 aromatic heterocycles. The molecule has 1 amide bonds. The van der Waals surface area contributed by atoms with Crippen molar-refractivity contribution in [2.45, 2.75) is 32.1 Å². The van der Waals surface area contributed by atoms with Gasteiger partial charge < -0.3 is 9.80 Å². The molecule has 30 heavy (non-hydrogen) atoms. The predicted molar refractivity (Wildman–Crippen MR) is 119 cm³/mol. The van der Waals surface area contributed by atoms with Gasteiger partial charge in [-0.1, -0.05) is 12.1 Å². The highest BCUT2D eigenvalue weighted by Gasteiger charge is 2.26. The molecule has 0 atom stereocenters. The molecular weight excluding hydrogens is 374 g/mol. The molecule has 3 heterocycles. The number of aromatic nitrogens is 2. The maximum absolute atomic E-state index is 12.6. The SMILES string of the molecule is O=C(c1ccc(-c2ccc(N3CCN(CC4CC4)CC3)nn2)cc1)N1CCCCC1. The van der Waals surface area contributed by atoms with E-state index in [9.17, 15) is 4.79 Å². The second-order valence-electron chi connectivity index (χ2n) is 8.94. The number of rotatable bonds is 5. The Bertz CT molecular complexity index is 848. The van der Waals surface area contributed by atoms with E-state index in [1.54, 1.807) is 0 Å². The van der Waals surface area contributed by atoms with Crippen LogP contribution in [0.2, 0.25) is 0 Å². The molecule has 2 aliphatic heterocycles. The summed E-state index contributed by atoms with van der Waals surface area (Å²) in [4.78, 5) is 19.5. The van der Waals surface area contributed by atoms with Gasteiger partial charge in [-0.2, -0.15) is 0 Å². The Morgan fingerprint density at radius 2 is 1.57 bits per heavy atom. The molecule has 0 spiro atoms. The second-order valence-corrected chi connectivity index (χ2v) is 8.94. The molecule has 2 saturated heterocycles. The van der Waals surface area contributed by atoms with Crippen LogP contribution in [0, 0.1) is 5.92 Å². The van der Waals surface area contributed by atoms with Gasteiger partial charge >= 0.3 is 0 Å². The fraction of sp³-hybridized carbons (Fsp3) is 0.542. The minimum Gasteiger partial charge on any atom is -0.353 e. The number of anilines is 1. The summed E-state index contributed by atoms with van der Waals surface area (Å²) in [6.07, 6.45) is 6.29. The van der Waals surface area contributed by atoms with Crippen molar-refractivity contribution in [3.63, 3.8) is 0 Å². The highest BCUT2D eigenvalue weighted by atomic mass is 16.2. The number of piperidine rings is 1. The first kappa shape index (κ1) is 19.5. The Hall–Kier alpha value is -2.47. The van der Waals surface area contributed by atoms with Crippen LogP contribution in [-0.4, -0.2) is 71.7 Å². The zero-order chi connectivity index (χ0) is 20.3. The van der Waals surface area contributed by atoms with Gasteiger partial charge in [0.1, 0.15) is 0 Å². The summed E-state index contributed by atoms with van der Waals surface area (Å²) >= 11 is 0. The van der Waals surface area contributed by atoms with E-state index in [1.165, 1.54) is 25.8 Å². The summed E-state index contributed by atoms with van der Waals surface area (Å²) in [5, 5.41) is 8.96. The lowest BCUT2D eigenvalue weighted by Crippen LogP contribution is -2.47. The van der Waals surface area contributed by atoms with Gasteiger partial charge in [-0.05, 0) is 62.3 Å². The summed E-state index contributed by atoms with van der Waals surface area (Å²) in [6, 6.07) is 11.9. The van der Waals surface area contributed by atoms with Crippen LogP contribution < -0.4 is 4.90 Å². The number of benzene rings is 1. The summed E-state index contributed by atoms with van der Waals surface area (Å²) in [7, 11) is 0. The highest BCUT2D eigenvalue weighted by Crippen LogP contribution is 2.30. The maximum atomic E-state index is 12.6. The van der Waals surface area contributed by atoms with Crippen LogP contribution in [0.15, 0.2) is 36.4 Å². The van der Waals surface area contributed by atoms with Gasteiger partial charge in [-0.3, -0.25) is 9.69 Å². The van der Waals surface area contributed by atoms with E-state index in [1.807, 2.05) is 35.2 Å². The Morgan fingerprint density at radius 1 is 0.833 bits per heavy atom. The molecule has 5 rings (SSSR count). The van der Waals surface area contributed by atoms with Crippen molar-refractivity contribution in [2.24, 2.45) is 5.92 Å².